The third-order valence-electron chi connectivity index (χ3n) is 4.04. The third-order valence-corrected chi connectivity index (χ3v) is 4.04. The molecular formula is C16H23NO2. The second kappa shape index (κ2) is 6.20. The molecule has 0 saturated carbocycles. The summed E-state index contributed by atoms with van der Waals surface area (Å²) in [5.74, 6) is 0.306. The van der Waals surface area contributed by atoms with E-state index in [9.17, 15) is 9.90 Å². The summed E-state index contributed by atoms with van der Waals surface area (Å²) >= 11 is 0. The van der Waals surface area contributed by atoms with Crippen LogP contribution in [0, 0.1) is 5.92 Å². The van der Waals surface area contributed by atoms with Gasteiger partial charge in [0, 0.05) is 24.6 Å². The van der Waals surface area contributed by atoms with Crippen molar-refractivity contribution in [3.63, 3.8) is 0 Å². The average Bonchev–Trinajstić information content (AvgIpc) is 2.46. The van der Waals surface area contributed by atoms with Crippen molar-refractivity contribution in [2.24, 2.45) is 5.92 Å². The summed E-state index contributed by atoms with van der Waals surface area (Å²) < 4.78 is 0. The van der Waals surface area contributed by atoms with Crippen molar-refractivity contribution in [1.29, 1.82) is 0 Å². The zero-order valence-corrected chi connectivity index (χ0v) is 11.8. The molecule has 2 atom stereocenters. The summed E-state index contributed by atoms with van der Waals surface area (Å²) in [5, 5.41) is 9.68. The minimum atomic E-state index is -0.335. The number of nitrogens with zero attached hydrogens (tertiary/aromatic N) is 1. The maximum Gasteiger partial charge on any atom is 0.253 e. The number of likely N-dealkylation sites (tertiary alicyclic amines) is 1. The lowest BCUT2D eigenvalue weighted by Crippen LogP contribution is -2.42. The molecule has 19 heavy (non-hydrogen) atoms. The first kappa shape index (κ1) is 14.1. The van der Waals surface area contributed by atoms with Gasteiger partial charge in [-0.3, -0.25) is 4.79 Å². The molecule has 1 aromatic rings. The van der Waals surface area contributed by atoms with E-state index in [4.69, 9.17) is 0 Å². The topological polar surface area (TPSA) is 40.5 Å². The molecule has 3 nitrogen and oxygen atoms in total. The first-order chi connectivity index (χ1) is 9.11. The third kappa shape index (κ3) is 3.35. The van der Waals surface area contributed by atoms with Gasteiger partial charge in [0.1, 0.15) is 0 Å². The summed E-state index contributed by atoms with van der Waals surface area (Å²) in [7, 11) is 0. The summed E-state index contributed by atoms with van der Waals surface area (Å²) in [4.78, 5) is 14.3. The van der Waals surface area contributed by atoms with Crippen molar-refractivity contribution in [3.8, 4) is 0 Å². The fourth-order valence-electron chi connectivity index (χ4n) is 2.65. The van der Waals surface area contributed by atoms with Crippen molar-refractivity contribution >= 4 is 5.91 Å². The van der Waals surface area contributed by atoms with Gasteiger partial charge in [-0.2, -0.15) is 0 Å². The van der Waals surface area contributed by atoms with E-state index in [0.29, 0.717) is 6.54 Å². The van der Waals surface area contributed by atoms with E-state index in [0.717, 1.165) is 31.4 Å². The van der Waals surface area contributed by atoms with Crippen LogP contribution in [-0.4, -0.2) is 35.1 Å². The van der Waals surface area contributed by atoms with Crippen LogP contribution in [0.1, 0.15) is 42.6 Å². The Balaban J connectivity index is 2.05. The molecule has 2 rings (SSSR count). The smallest absolute Gasteiger partial charge is 0.253 e. The highest BCUT2D eigenvalue weighted by Gasteiger charge is 2.26. The molecule has 3 heteroatoms. The number of carbonyl (C=O) groups is 1. The first-order valence-electron chi connectivity index (χ1n) is 7.18. The quantitative estimate of drug-likeness (QED) is 0.908. The summed E-state index contributed by atoms with van der Waals surface area (Å²) in [5.41, 5.74) is 2.00. The van der Waals surface area contributed by atoms with Crippen molar-refractivity contribution in [2.45, 2.75) is 39.2 Å². The lowest BCUT2D eigenvalue weighted by Gasteiger charge is -2.34. The van der Waals surface area contributed by atoms with Crippen LogP contribution in [0.15, 0.2) is 24.3 Å². The van der Waals surface area contributed by atoms with Crippen LogP contribution < -0.4 is 0 Å². The van der Waals surface area contributed by atoms with Crippen LogP contribution in [0.2, 0.25) is 0 Å². The summed E-state index contributed by atoms with van der Waals surface area (Å²) in [6.45, 7) is 5.40. The molecule has 104 valence electrons. The number of rotatable bonds is 3. The Morgan fingerprint density at radius 1 is 1.42 bits per heavy atom. The number of hydrogen-bond acceptors (Lipinski definition) is 2. The molecule has 0 aliphatic carbocycles. The average molecular weight is 261 g/mol. The van der Waals surface area contributed by atoms with Gasteiger partial charge in [0.15, 0.2) is 0 Å². The lowest BCUT2D eigenvalue weighted by atomic mass is 9.93. The number of carbonyl (C=O) groups excluding carboxylic acids is 1. The Bertz CT molecular complexity index is 425. The van der Waals surface area contributed by atoms with Crippen LogP contribution in [-0.2, 0) is 6.42 Å². The predicted octanol–water partition coefficient (Wildman–Crippen LogP) is 2.48. The van der Waals surface area contributed by atoms with E-state index in [2.05, 4.69) is 6.92 Å². The largest absolute Gasteiger partial charge is 0.393 e. The van der Waals surface area contributed by atoms with Crippen LogP contribution in [0.25, 0.3) is 0 Å². The molecule has 1 aliphatic heterocycles. The van der Waals surface area contributed by atoms with Crippen molar-refractivity contribution < 1.29 is 9.90 Å². The molecule has 1 saturated heterocycles. The molecule has 0 bridgehead atoms. The van der Waals surface area contributed by atoms with Gasteiger partial charge >= 0.3 is 0 Å². The number of piperidine rings is 1. The van der Waals surface area contributed by atoms with Gasteiger partial charge in [-0.15, -0.1) is 0 Å². The molecule has 1 heterocycles. The number of aryl methyl sites for hydroxylation is 1. The Labute approximate surface area is 115 Å². The van der Waals surface area contributed by atoms with E-state index in [1.807, 2.05) is 36.1 Å². The number of benzene rings is 1. The first-order valence-corrected chi connectivity index (χ1v) is 7.18. The SMILES string of the molecule is CCc1ccc(C(=O)N2CCCC(C(C)O)C2)cc1. The van der Waals surface area contributed by atoms with Gasteiger partial charge in [0.2, 0.25) is 0 Å². The fraction of sp³-hybridized carbons (Fsp3) is 0.562. The Morgan fingerprint density at radius 3 is 2.68 bits per heavy atom. The second-order valence-electron chi connectivity index (χ2n) is 5.44. The molecule has 1 N–H and O–H groups in total. The highest BCUT2D eigenvalue weighted by Crippen LogP contribution is 2.21. The Hall–Kier alpha value is -1.35. The molecule has 1 amide bonds. The number of amides is 1. The van der Waals surface area contributed by atoms with E-state index < -0.39 is 0 Å². The highest BCUT2D eigenvalue weighted by atomic mass is 16.3. The van der Waals surface area contributed by atoms with E-state index in [1.165, 1.54) is 5.56 Å². The van der Waals surface area contributed by atoms with E-state index in [-0.39, 0.29) is 17.9 Å². The fourth-order valence-corrected chi connectivity index (χ4v) is 2.65. The summed E-state index contributed by atoms with van der Waals surface area (Å²) in [6.07, 6.45) is 2.64. The van der Waals surface area contributed by atoms with Gasteiger partial charge in [-0.05, 0) is 43.9 Å². The van der Waals surface area contributed by atoms with Crippen LogP contribution >= 0.6 is 0 Å². The second-order valence-corrected chi connectivity index (χ2v) is 5.44. The van der Waals surface area contributed by atoms with Gasteiger partial charge in [0.05, 0.1) is 6.10 Å². The molecular weight excluding hydrogens is 238 g/mol. The number of hydrogen-bond donors (Lipinski definition) is 1. The standard InChI is InChI=1S/C16H23NO2/c1-3-13-6-8-14(9-7-13)16(19)17-10-4-5-15(11-17)12(2)18/h6-9,12,15,18H,3-5,10-11H2,1-2H3. The minimum Gasteiger partial charge on any atom is -0.393 e. The molecule has 1 aromatic carbocycles. The maximum atomic E-state index is 12.4. The van der Waals surface area contributed by atoms with Crippen LogP contribution in [0.3, 0.4) is 0 Å². The van der Waals surface area contributed by atoms with Gasteiger partial charge < -0.3 is 10.0 Å². The molecule has 0 aromatic heterocycles. The van der Waals surface area contributed by atoms with Crippen molar-refractivity contribution in [2.75, 3.05) is 13.1 Å². The van der Waals surface area contributed by atoms with Gasteiger partial charge in [-0.25, -0.2) is 0 Å². The molecule has 1 aliphatic rings. The Morgan fingerprint density at radius 2 is 2.11 bits per heavy atom. The Kier molecular flexibility index (Phi) is 4.59. The highest BCUT2D eigenvalue weighted by molar-refractivity contribution is 5.94. The van der Waals surface area contributed by atoms with Crippen molar-refractivity contribution in [3.05, 3.63) is 35.4 Å². The predicted molar refractivity (Wildman–Crippen MR) is 76.1 cm³/mol. The van der Waals surface area contributed by atoms with Crippen LogP contribution in [0.4, 0.5) is 0 Å². The van der Waals surface area contributed by atoms with Gasteiger partial charge in [0.25, 0.3) is 5.91 Å². The number of aliphatic hydroxyl groups is 1. The summed E-state index contributed by atoms with van der Waals surface area (Å²) in [6, 6.07) is 7.85. The lowest BCUT2D eigenvalue weighted by molar-refractivity contribution is 0.0466. The molecule has 0 radical (unpaired) electrons. The van der Waals surface area contributed by atoms with E-state index in [1.54, 1.807) is 0 Å². The molecule has 2 unspecified atom stereocenters. The minimum absolute atomic E-state index is 0.0907. The number of aliphatic hydroxyl groups excluding tert-OH is 1. The normalized spacial score (nSPS) is 21.2. The van der Waals surface area contributed by atoms with E-state index >= 15 is 0 Å². The van der Waals surface area contributed by atoms with Crippen molar-refractivity contribution in [1.82, 2.24) is 4.90 Å². The van der Waals surface area contributed by atoms with Crippen LogP contribution in [0.5, 0.6) is 0 Å². The monoisotopic (exact) mass is 261 g/mol. The van der Waals surface area contributed by atoms with Gasteiger partial charge in [-0.1, -0.05) is 19.1 Å². The maximum absolute atomic E-state index is 12.4. The zero-order chi connectivity index (χ0) is 13.8. The molecule has 0 spiro atoms. The molecule has 1 fully saturated rings. The zero-order valence-electron chi connectivity index (χ0n) is 11.8.